The number of nitrogens with two attached hydrogens (primary N) is 1. The summed E-state index contributed by atoms with van der Waals surface area (Å²) in [4.78, 5) is 12.2. The average Bonchev–Trinajstić information content (AvgIpc) is 2.38. The quantitative estimate of drug-likeness (QED) is 0.647. The number of hydrogen-bond acceptors (Lipinski definition) is 3. The van der Waals surface area contributed by atoms with Crippen molar-refractivity contribution in [3.8, 4) is 5.75 Å². The lowest BCUT2D eigenvalue weighted by atomic mass is 10.0. The molecule has 2 aromatic carbocycles. The van der Waals surface area contributed by atoms with Crippen LogP contribution in [0, 0.1) is 0 Å². The molecule has 0 amide bonds. The highest BCUT2D eigenvalue weighted by Gasteiger charge is 2.13. The minimum absolute atomic E-state index is 0.0882. The predicted octanol–water partition coefficient (Wildman–Crippen LogP) is 2.51. The zero-order valence-electron chi connectivity index (χ0n) is 9.51. The lowest BCUT2D eigenvalue weighted by molar-refractivity contribution is 0.103. The second kappa shape index (κ2) is 4.70. The summed E-state index contributed by atoms with van der Waals surface area (Å²) in [7, 11) is 1.55. The summed E-state index contributed by atoms with van der Waals surface area (Å²) in [5.41, 5.74) is 7.34. The molecule has 0 aliphatic heterocycles. The van der Waals surface area contributed by atoms with E-state index < -0.39 is 0 Å². The van der Waals surface area contributed by atoms with E-state index in [9.17, 15) is 4.79 Å². The van der Waals surface area contributed by atoms with Crippen LogP contribution in [0.15, 0.2) is 48.5 Å². The van der Waals surface area contributed by atoms with Crippen molar-refractivity contribution in [3.63, 3.8) is 0 Å². The van der Waals surface area contributed by atoms with Gasteiger partial charge < -0.3 is 10.5 Å². The molecule has 0 fully saturated rings. The number of nitrogen functional groups attached to an aromatic ring is 1. The molecular formula is C14H13NO2. The van der Waals surface area contributed by atoms with Crippen molar-refractivity contribution in [2.45, 2.75) is 0 Å². The van der Waals surface area contributed by atoms with Crippen LogP contribution >= 0.6 is 0 Å². The molecule has 0 heterocycles. The van der Waals surface area contributed by atoms with Crippen molar-refractivity contribution in [1.29, 1.82) is 0 Å². The Bertz CT molecular complexity index is 549. The first-order valence-corrected chi connectivity index (χ1v) is 5.25. The third-order valence-electron chi connectivity index (χ3n) is 2.50. The minimum atomic E-state index is -0.0882. The maximum atomic E-state index is 12.2. The summed E-state index contributed by atoms with van der Waals surface area (Å²) in [6.07, 6.45) is 0. The van der Waals surface area contributed by atoms with Gasteiger partial charge in [0, 0.05) is 11.3 Å². The lowest BCUT2D eigenvalue weighted by Gasteiger charge is -2.07. The molecule has 0 unspecified atom stereocenters. The predicted molar refractivity (Wildman–Crippen MR) is 67.3 cm³/mol. The molecule has 0 saturated heterocycles. The fourth-order valence-corrected chi connectivity index (χ4v) is 1.67. The molecule has 2 rings (SSSR count). The summed E-state index contributed by atoms with van der Waals surface area (Å²) >= 11 is 0. The van der Waals surface area contributed by atoms with Crippen molar-refractivity contribution in [3.05, 3.63) is 59.7 Å². The maximum absolute atomic E-state index is 12.2. The Balaban J connectivity index is 2.44. The van der Waals surface area contributed by atoms with Gasteiger partial charge in [0.25, 0.3) is 0 Å². The van der Waals surface area contributed by atoms with Crippen LogP contribution in [0.5, 0.6) is 5.75 Å². The van der Waals surface area contributed by atoms with Gasteiger partial charge in [0.05, 0.1) is 12.7 Å². The van der Waals surface area contributed by atoms with Gasteiger partial charge >= 0.3 is 0 Å². The second-order valence-corrected chi connectivity index (χ2v) is 3.65. The van der Waals surface area contributed by atoms with E-state index in [2.05, 4.69) is 0 Å². The first-order chi connectivity index (χ1) is 8.22. The highest BCUT2D eigenvalue weighted by molar-refractivity contribution is 6.11. The Morgan fingerprint density at radius 1 is 1.12 bits per heavy atom. The van der Waals surface area contributed by atoms with Crippen molar-refractivity contribution in [1.82, 2.24) is 0 Å². The van der Waals surface area contributed by atoms with Crippen LogP contribution in [0.1, 0.15) is 15.9 Å². The summed E-state index contributed by atoms with van der Waals surface area (Å²) in [5, 5.41) is 0. The van der Waals surface area contributed by atoms with E-state index in [4.69, 9.17) is 10.5 Å². The highest BCUT2D eigenvalue weighted by Crippen LogP contribution is 2.21. The van der Waals surface area contributed by atoms with Crippen LogP contribution in [0.4, 0.5) is 5.69 Å². The Labute approximate surface area is 99.8 Å². The summed E-state index contributed by atoms with van der Waals surface area (Å²) in [6.45, 7) is 0. The van der Waals surface area contributed by atoms with E-state index in [0.29, 0.717) is 22.6 Å². The number of para-hydroxylation sites is 1. The molecular weight excluding hydrogens is 214 g/mol. The molecule has 0 atom stereocenters. The third-order valence-corrected chi connectivity index (χ3v) is 2.50. The Morgan fingerprint density at radius 2 is 1.88 bits per heavy atom. The van der Waals surface area contributed by atoms with Gasteiger partial charge in [-0.15, -0.1) is 0 Å². The number of rotatable bonds is 3. The lowest BCUT2D eigenvalue weighted by Crippen LogP contribution is -2.04. The number of ether oxygens (including phenoxy) is 1. The van der Waals surface area contributed by atoms with E-state index in [1.165, 1.54) is 0 Å². The van der Waals surface area contributed by atoms with Crippen molar-refractivity contribution in [2.24, 2.45) is 0 Å². The van der Waals surface area contributed by atoms with Gasteiger partial charge in [-0.2, -0.15) is 0 Å². The molecule has 0 radical (unpaired) electrons. The smallest absolute Gasteiger partial charge is 0.196 e. The Kier molecular flexibility index (Phi) is 3.10. The van der Waals surface area contributed by atoms with Crippen LogP contribution in [0.25, 0.3) is 0 Å². The van der Waals surface area contributed by atoms with E-state index in [-0.39, 0.29) is 5.78 Å². The monoisotopic (exact) mass is 227 g/mol. The normalized spacial score (nSPS) is 9.94. The van der Waals surface area contributed by atoms with Gasteiger partial charge in [-0.05, 0) is 24.3 Å². The minimum Gasteiger partial charge on any atom is -0.496 e. The number of carbonyl (C=O) groups excluding carboxylic acids is 1. The molecule has 2 N–H and O–H groups in total. The van der Waals surface area contributed by atoms with Crippen LogP contribution in [-0.4, -0.2) is 12.9 Å². The zero-order chi connectivity index (χ0) is 12.3. The molecule has 3 nitrogen and oxygen atoms in total. The highest BCUT2D eigenvalue weighted by atomic mass is 16.5. The maximum Gasteiger partial charge on any atom is 0.196 e. The van der Waals surface area contributed by atoms with Gasteiger partial charge in [-0.3, -0.25) is 4.79 Å². The summed E-state index contributed by atoms with van der Waals surface area (Å²) in [6, 6.07) is 14.1. The number of methoxy groups -OCH3 is 1. The largest absolute Gasteiger partial charge is 0.496 e. The van der Waals surface area contributed by atoms with Gasteiger partial charge in [0.1, 0.15) is 5.75 Å². The first kappa shape index (κ1) is 11.2. The van der Waals surface area contributed by atoms with Gasteiger partial charge in [0.2, 0.25) is 0 Å². The number of ketones is 1. The standard InChI is InChI=1S/C14H13NO2/c1-17-13-8-3-2-7-12(13)14(16)10-5-4-6-11(15)9-10/h2-9H,15H2,1H3. The number of anilines is 1. The molecule has 0 aromatic heterocycles. The zero-order valence-corrected chi connectivity index (χ0v) is 9.51. The van der Waals surface area contributed by atoms with Crippen LogP contribution < -0.4 is 10.5 Å². The molecule has 17 heavy (non-hydrogen) atoms. The molecule has 86 valence electrons. The second-order valence-electron chi connectivity index (χ2n) is 3.65. The molecule has 0 aliphatic rings. The van der Waals surface area contributed by atoms with Gasteiger partial charge in [-0.1, -0.05) is 24.3 Å². The molecule has 2 aromatic rings. The van der Waals surface area contributed by atoms with E-state index in [1.807, 2.05) is 12.1 Å². The Morgan fingerprint density at radius 3 is 2.59 bits per heavy atom. The van der Waals surface area contributed by atoms with Gasteiger partial charge in [-0.25, -0.2) is 0 Å². The molecule has 0 saturated carbocycles. The topological polar surface area (TPSA) is 52.3 Å². The fourth-order valence-electron chi connectivity index (χ4n) is 1.67. The van der Waals surface area contributed by atoms with Gasteiger partial charge in [0.15, 0.2) is 5.78 Å². The molecule has 0 spiro atoms. The number of hydrogen-bond donors (Lipinski definition) is 1. The van der Waals surface area contributed by atoms with E-state index >= 15 is 0 Å². The first-order valence-electron chi connectivity index (χ1n) is 5.25. The van der Waals surface area contributed by atoms with E-state index in [0.717, 1.165) is 0 Å². The van der Waals surface area contributed by atoms with Crippen molar-refractivity contribution in [2.75, 3.05) is 12.8 Å². The van der Waals surface area contributed by atoms with Crippen molar-refractivity contribution < 1.29 is 9.53 Å². The SMILES string of the molecule is COc1ccccc1C(=O)c1cccc(N)c1. The van der Waals surface area contributed by atoms with Crippen molar-refractivity contribution >= 4 is 11.5 Å². The van der Waals surface area contributed by atoms with Crippen LogP contribution in [0.2, 0.25) is 0 Å². The van der Waals surface area contributed by atoms with E-state index in [1.54, 1.807) is 43.5 Å². The Hall–Kier alpha value is -2.29. The summed E-state index contributed by atoms with van der Waals surface area (Å²) in [5.74, 6) is 0.481. The molecule has 0 bridgehead atoms. The molecule has 0 aliphatic carbocycles. The number of carbonyl (C=O) groups is 1. The average molecular weight is 227 g/mol. The number of benzene rings is 2. The summed E-state index contributed by atoms with van der Waals surface area (Å²) < 4.78 is 5.17. The van der Waals surface area contributed by atoms with Crippen LogP contribution in [0.3, 0.4) is 0 Å². The molecule has 3 heteroatoms. The fraction of sp³-hybridized carbons (Fsp3) is 0.0714. The third kappa shape index (κ3) is 2.28. The van der Waals surface area contributed by atoms with Crippen LogP contribution in [-0.2, 0) is 0 Å².